The quantitative estimate of drug-likeness (QED) is 0.205. The number of nitrogens with one attached hydrogen (secondary N) is 1. The maximum Gasteiger partial charge on any atom is 0.302 e. The van der Waals surface area contributed by atoms with Crippen LogP contribution < -0.4 is 19.1 Å². The Kier molecular flexibility index (Phi) is 6.50. The highest BCUT2D eigenvalue weighted by Crippen LogP contribution is 2.43. The summed E-state index contributed by atoms with van der Waals surface area (Å²) >= 11 is 0. The number of imidazole rings is 1. The van der Waals surface area contributed by atoms with E-state index in [1.807, 2.05) is 38.1 Å². The molecule has 9 heteroatoms. The molecule has 0 bridgehead atoms. The van der Waals surface area contributed by atoms with Gasteiger partial charge in [-0.3, -0.25) is 14.5 Å². The fraction of sp³-hybridized carbons (Fsp3) is 0.207. The van der Waals surface area contributed by atoms with E-state index in [2.05, 4.69) is 9.97 Å². The first-order valence-corrected chi connectivity index (χ1v) is 12.1. The number of aromatic nitrogens is 2. The van der Waals surface area contributed by atoms with E-state index in [-0.39, 0.29) is 17.3 Å². The molecule has 3 aromatic carbocycles. The minimum Gasteiger partial charge on any atom is -0.507 e. The molecule has 0 spiro atoms. The van der Waals surface area contributed by atoms with Crippen molar-refractivity contribution in [1.29, 1.82) is 0 Å². The van der Waals surface area contributed by atoms with Gasteiger partial charge in [0.05, 0.1) is 43.5 Å². The van der Waals surface area contributed by atoms with Crippen molar-refractivity contribution < 1.29 is 28.9 Å². The first-order chi connectivity index (χ1) is 18.4. The first-order valence-electron chi connectivity index (χ1n) is 12.1. The molecule has 1 aromatic heterocycles. The molecule has 38 heavy (non-hydrogen) atoms. The van der Waals surface area contributed by atoms with Gasteiger partial charge in [-0.25, -0.2) is 4.98 Å². The van der Waals surface area contributed by atoms with Crippen molar-refractivity contribution in [3.8, 4) is 17.2 Å². The summed E-state index contributed by atoms with van der Waals surface area (Å²) < 4.78 is 16.3. The molecular weight excluding hydrogens is 486 g/mol. The van der Waals surface area contributed by atoms with Gasteiger partial charge in [-0.15, -0.1) is 0 Å². The van der Waals surface area contributed by atoms with E-state index in [1.54, 1.807) is 36.4 Å². The maximum atomic E-state index is 13.5. The van der Waals surface area contributed by atoms with Gasteiger partial charge in [0.1, 0.15) is 11.5 Å². The van der Waals surface area contributed by atoms with Crippen LogP contribution in [0.1, 0.15) is 29.7 Å². The maximum absolute atomic E-state index is 13.5. The highest BCUT2D eigenvalue weighted by molar-refractivity contribution is 6.51. The van der Waals surface area contributed by atoms with Crippen LogP contribution in [-0.4, -0.2) is 47.6 Å². The Bertz CT molecular complexity index is 1550. The molecule has 1 saturated heterocycles. The Morgan fingerprint density at radius 1 is 1.03 bits per heavy atom. The van der Waals surface area contributed by atoms with Crippen molar-refractivity contribution in [2.45, 2.75) is 19.9 Å². The van der Waals surface area contributed by atoms with Crippen LogP contribution in [-0.2, 0) is 9.59 Å². The fourth-order valence-electron chi connectivity index (χ4n) is 4.70. The smallest absolute Gasteiger partial charge is 0.302 e. The highest BCUT2D eigenvalue weighted by Gasteiger charge is 2.48. The molecule has 5 rings (SSSR count). The van der Waals surface area contributed by atoms with Gasteiger partial charge in [0.2, 0.25) is 5.95 Å². The highest BCUT2D eigenvalue weighted by atomic mass is 16.5. The van der Waals surface area contributed by atoms with Crippen molar-refractivity contribution in [2.24, 2.45) is 0 Å². The number of aliphatic hydroxyl groups excluding tert-OH is 1. The van der Waals surface area contributed by atoms with Gasteiger partial charge in [0.15, 0.2) is 11.5 Å². The van der Waals surface area contributed by atoms with Gasteiger partial charge >= 0.3 is 5.91 Å². The van der Waals surface area contributed by atoms with Crippen LogP contribution >= 0.6 is 0 Å². The molecule has 1 atom stereocenters. The van der Waals surface area contributed by atoms with Crippen molar-refractivity contribution in [3.63, 3.8) is 0 Å². The third kappa shape index (κ3) is 4.21. The number of benzene rings is 3. The Balaban J connectivity index is 1.71. The van der Waals surface area contributed by atoms with E-state index in [4.69, 9.17) is 14.2 Å². The molecule has 0 saturated carbocycles. The monoisotopic (exact) mass is 513 g/mol. The van der Waals surface area contributed by atoms with E-state index < -0.39 is 17.7 Å². The number of ketones is 1. The molecule has 0 aliphatic carbocycles. The average Bonchev–Trinajstić information content (AvgIpc) is 3.45. The Morgan fingerprint density at radius 3 is 2.47 bits per heavy atom. The molecule has 0 radical (unpaired) electrons. The summed E-state index contributed by atoms with van der Waals surface area (Å²) in [6, 6.07) is 16.7. The van der Waals surface area contributed by atoms with Crippen molar-refractivity contribution in [2.75, 3.05) is 25.7 Å². The summed E-state index contributed by atoms with van der Waals surface area (Å²) in [6.07, 6.45) is 0. The number of aromatic amines is 1. The zero-order valence-electron chi connectivity index (χ0n) is 21.4. The second kappa shape index (κ2) is 9.93. The molecule has 2 heterocycles. The molecule has 2 N–H and O–H groups in total. The number of Topliss-reactive ketones (excluding diaryl/α,β-unsaturated/α-hetero) is 1. The summed E-state index contributed by atoms with van der Waals surface area (Å²) in [7, 11) is 3.05. The fourth-order valence-corrected chi connectivity index (χ4v) is 4.70. The van der Waals surface area contributed by atoms with Crippen LogP contribution in [0.4, 0.5) is 5.95 Å². The van der Waals surface area contributed by atoms with E-state index >= 15 is 0 Å². The lowest BCUT2D eigenvalue weighted by atomic mass is 9.94. The molecular formula is C29H27N3O6. The van der Waals surface area contributed by atoms with Crippen LogP contribution in [0, 0.1) is 6.92 Å². The van der Waals surface area contributed by atoms with Crippen LogP contribution in [0.25, 0.3) is 16.8 Å². The number of methoxy groups -OCH3 is 2. The number of H-pyrrole nitrogens is 1. The number of carbonyl (C=O) groups excluding carboxylic acids is 2. The number of nitrogens with zero attached hydrogens (tertiary/aromatic N) is 2. The van der Waals surface area contributed by atoms with E-state index in [0.717, 1.165) is 5.56 Å². The number of carbonyl (C=O) groups is 2. The summed E-state index contributed by atoms with van der Waals surface area (Å²) in [5.74, 6) is -0.253. The Morgan fingerprint density at radius 2 is 1.76 bits per heavy atom. The average molecular weight is 514 g/mol. The largest absolute Gasteiger partial charge is 0.507 e. The van der Waals surface area contributed by atoms with E-state index in [1.165, 1.54) is 19.1 Å². The third-order valence-corrected chi connectivity index (χ3v) is 6.42. The minimum atomic E-state index is -0.921. The van der Waals surface area contributed by atoms with Crippen LogP contribution in [0.15, 0.2) is 66.2 Å². The number of amides is 1. The zero-order chi connectivity index (χ0) is 27.0. The molecule has 194 valence electrons. The van der Waals surface area contributed by atoms with Gasteiger partial charge in [-0.2, -0.15) is 0 Å². The lowest BCUT2D eigenvalue weighted by Gasteiger charge is -2.23. The minimum absolute atomic E-state index is 0.0372. The second-order valence-electron chi connectivity index (χ2n) is 8.83. The lowest BCUT2D eigenvalue weighted by molar-refractivity contribution is -0.132. The summed E-state index contributed by atoms with van der Waals surface area (Å²) in [5.41, 5.74) is 3.03. The topological polar surface area (TPSA) is 114 Å². The SMILES string of the molecule is CCOc1cccc(/C(O)=C2\C(=O)C(=O)N(c3nc4cc(OC)c(OC)cc4[nH]3)C2c2cccc(C)c2)c1. The normalized spacial score (nSPS) is 16.7. The summed E-state index contributed by atoms with van der Waals surface area (Å²) in [5, 5.41) is 11.4. The Hall–Kier alpha value is -4.79. The number of rotatable bonds is 7. The van der Waals surface area contributed by atoms with Gasteiger partial charge < -0.3 is 24.3 Å². The van der Waals surface area contributed by atoms with E-state index in [0.29, 0.717) is 46.0 Å². The van der Waals surface area contributed by atoms with Gasteiger partial charge in [-0.05, 0) is 31.5 Å². The van der Waals surface area contributed by atoms with Crippen LogP contribution in [0.2, 0.25) is 0 Å². The first kappa shape index (κ1) is 24.9. The lowest BCUT2D eigenvalue weighted by Crippen LogP contribution is -2.30. The van der Waals surface area contributed by atoms with Crippen LogP contribution in [0.3, 0.4) is 0 Å². The number of fused-ring (bicyclic) bond motifs is 1. The number of hydrogen-bond donors (Lipinski definition) is 2. The van der Waals surface area contributed by atoms with Crippen LogP contribution in [0.5, 0.6) is 17.2 Å². The summed E-state index contributed by atoms with van der Waals surface area (Å²) in [6.45, 7) is 4.22. The van der Waals surface area contributed by atoms with E-state index in [9.17, 15) is 14.7 Å². The molecule has 1 aliphatic rings. The molecule has 1 unspecified atom stereocenters. The summed E-state index contributed by atoms with van der Waals surface area (Å²) in [4.78, 5) is 36.0. The number of aliphatic hydroxyl groups is 1. The predicted octanol–water partition coefficient (Wildman–Crippen LogP) is 4.91. The molecule has 9 nitrogen and oxygen atoms in total. The second-order valence-corrected chi connectivity index (χ2v) is 8.83. The van der Waals surface area contributed by atoms with Gasteiger partial charge in [-0.1, -0.05) is 42.0 Å². The van der Waals surface area contributed by atoms with Gasteiger partial charge in [0, 0.05) is 17.7 Å². The van der Waals surface area contributed by atoms with Gasteiger partial charge in [0.25, 0.3) is 5.78 Å². The van der Waals surface area contributed by atoms with Crippen molar-refractivity contribution >= 4 is 34.4 Å². The number of aryl methyl sites for hydroxylation is 1. The number of hydrogen-bond acceptors (Lipinski definition) is 7. The Labute approximate surface area is 219 Å². The third-order valence-electron chi connectivity index (χ3n) is 6.42. The predicted molar refractivity (Wildman–Crippen MR) is 143 cm³/mol. The van der Waals surface area contributed by atoms with Crippen molar-refractivity contribution in [1.82, 2.24) is 9.97 Å². The zero-order valence-corrected chi connectivity index (χ0v) is 21.4. The van der Waals surface area contributed by atoms with Crippen molar-refractivity contribution in [3.05, 3.63) is 82.9 Å². The molecule has 4 aromatic rings. The number of ether oxygens (including phenoxy) is 3. The molecule has 1 amide bonds. The molecule has 1 fully saturated rings. The standard InChI is InChI=1S/C29H27N3O6/c1-5-38-19-11-7-10-18(13-19)26(33)24-25(17-9-6-8-16(2)12-17)32(28(35)27(24)34)29-30-20-14-22(36-3)23(37-4)15-21(20)31-29/h6-15,25,33H,5H2,1-4H3,(H,30,31)/b26-24+. The molecule has 1 aliphatic heterocycles. The number of anilines is 1.